The maximum Gasteiger partial charge on any atom is 0.311 e. The van der Waals surface area contributed by atoms with Crippen LogP contribution in [-0.2, 0) is 4.79 Å². The van der Waals surface area contributed by atoms with Crippen molar-refractivity contribution < 1.29 is 9.90 Å². The van der Waals surface area contributed by atoms with Crippen molar-refractivity contribution in [2.75, 3.05) is 11.9 Å². The lowest BCUT2D eigenvalue weighted by molar-refractivity contribution is -0.147. The Morgan fingerprint density at radius 2 is 2.21 bits per heavy atom. The van der Waals surface area contributed by atoms with Crippen molar-refractivity contribution >= 4 is 11.8 Å². The van der Waals surface area contributed by atoms with Gasteiger partial charge in [-0.15, -0.1) is 0 Å². The third-order valence-corrected chi connectivity index (χ3v) is 3.40. The van der Waals surface area contributed by atoms with Gasteiger partial charge in [0.2, 0.25) is 0 Å². The van der Waals surface area contributed by atoms with E-state index < -0.39 is 11.4 Å². The van der Waals surface area contributed by atoms with E-state index in [-0.39, 0.29) is 6.54 Å². The summed E-state index contributed by atoms with van der Waals surface area (Å²) >= 11 is 0. The van der Waals surface area contributed by atoms with Gasteiger partial charge < -0.3 is 10.4 Å². The van der Waals surface area contributed by atoms with E-state index in [1.165, 1.54) is 0 Å². The van der Waals surface area contributed by atoms with Crippen molar-refractivity contribution in [3.8, 4) is 6.07 Å². The van der Waals surface area contributed by atoms with Crippen LogP contribution in [0.4, 0.5) is 5.82 Å². The van der Waals surface area contributed by atoms with Gasteiger partial charge in [0.05, 0.1) is 11.0 Å². The molecule has 1 rings (SSSR count). The van der Waals surface area contributed by atoms with Crippen molar-refractivity contribution in [2.45, 2.75) is 34.1 Å². The van der Waals surface area contributed by atoms with Crippen LogP contribution in [0.15, 0.2) is 6.07 Å². The molecule has 102 valence electrons. The summed E-state index contributed by atoms with van der Waals surface area (Å²) in [6, 6.07) is 3.94. The minimum Gasteiger partial charge on any atom is -0.481 e. The number of aryl methyl sites for hydroxylation is 2. The molecule has 1 aromatic rings. The predicted octanol–water partition coefficient (Wildman–Crippen LogP) is 2.48. The molecule has 5 heteroatoms. The van der Waals surface area contributed by atoms with Crippen LogP contribution < -0.4 is 5.32 Å². The molecule has 1 unspecified atom stereocenters. The molecule has 0 saturated carbocycles. The topological polar surface area (TPSA) is 86.0 Å². The first-order valence-corrected chi connectivity index (χ1v) is 6.19. The standard InChI is InChI=1S/C14H19N3O2/c1-5-14(4,13(18)19)8-16-12-11(7-15)9(2)6-10(3)17-12/h6H,5,8H2,1-4H3,(H,16,17)(H,18,19). The van der Waals surface area contributed by atoms with E-state index in [9.17, 15) is 9.90 Å². The molecule has 0 fully saturated rings. The van der Waals surface area contributed by atoms with Gasteiger partial charge in [0.15, 0.2) is 0 Å². The van der Waals surface area contributed by atoms with Crippen molar-refractivity contribution in [2.24, 2.45) is 5.41 Å². The Morgan fingerprint density at radius 1 is 1.58 bits per heavy atom. The van der Waals surface area contributed by atoms with E-state index in [2.05, 4.69) is 16.4 Å². The van der Waals surface area contributed by atoms with E-state index in [0.717, 1.165) is 11.3 Å². The van der Waals surface area contributed by atoms with E-state index in [0.29, 0.717) is 17.8 Å². The molecule has 1 aromatic heterocycles. The Hall–Kier alpha value is -2.09. The highest BCUT2D eigenvalue weighted by Gasteiger charge is 2.31. The average molecular weight is 261 g/mol. The molecule has 2 N–H and O–H groups in total. The lowest BCUT2D eigenvalue weighted by atomic mass is 9.87. The van der Waals surface area contributed by atoms with Gasteiger partial charge in [-0.05, 0) is 38.8 Å². The molecule has 1 heterocycles. The summed E-state index contributed by atoms with van der Waals surface area (Å²) in [5, 5.41) is 21.4. The Kier molecular flexibility index (Phi) is 4.49. The Balaban J connectivity index is 3.01. The first-order chi connectivity index (χ1) is 8.84. The SMILES string of the molecule is CCC(C)(CNc1nc(C)cc(C)c1C#N)C(=O)O. The Morgan fingerprint density at radius 3 is 2.68 bits per heavy atom. The molecule has 5 nitrogen and oxygen atoms in total. The first kappa shape index (κ1) is 15.0. The summed E-state index contributed by atoms with van der Waals surface area (Å²) < 4.78 is 0. The quantitative estimate of drug-likeness (QED) is 0.850. The van der Waals surface area contributed by atoms with Gasteiger partial charge in [0.1, 0.15) is 11.9 Å². The zero-order valence-electron chi connectivity index (χ0n) is 11.7. The maximum absolute atomic E-state index is 11.2. The second-order valence-electron chi connectivity index (χ2n) is 4.99. The van der Waals surface area contributed by atoms with Gasteiger partial charge in [-0.1, -0.05) is 6.92 Å². The number of hydrogen-bond acceptors (Lipinski definition) is 4. The summed E-state index contributed by atoms with van der Waals surface area (Å²) in [4.78, 5) is 15.5. The third kappa shape index (κ3) is 3.22. The van der Waals surface area contributed by atoms with Crippen LogP contribution in [0.25, 0.3) is 0 Å². The predicted molar refractivity (Wildman–Crippen MR) is 72.9 cm³/mol. The number of nitrogens with zero attached hydrogens (tertiary/aromatic N) is 2. The molecule has 1 atom stereocenters. The highest BCUT2D eigenvalue weighted by atomic mass is 16.4. The number of aromatic nitrogens is 1. The molecule has 0 radical (unpaired) electrons. The molecule has 0 aliphatic carbocycles. The fraction of sp³-hybridized carbons (Fsp3) is 0.500. The normalized spacial score (nSPS) is 13.4. The number of pyridine rings is 1. The lowest BCUT2D eigenvalue weighted by Gasteiger charge is -2.24. The van der Waals surface area contributed by atoms with Gasteiger partial charge >= 0.3 is 5.97 Å². The number of nitriles is 1. The highest BCUT2D eigenvalue weighted by molar-refractivity contribution is 5.75. The average Bonchev–Trinajstić information content (AvgIpc) is 2.35. The van der Waals surface area contributed by atoms with Gasteiger partial charge in [0.25, 0.3) is 0 Å². The first-order valence-electron chi connectivity index (χ1n) is 6.19. The molecule has 19 heavy (non-hydrogen) atoms. The van der Waals surface area contributed by atoms with E-state index in [1.807, 2.05) is 26.8 Å². The molecule has 0 aromatic carbocycles. The van der Waals surface area contributed by atoms with Crippen LogP contribution >= 0.6 is 0 Å². The van der Waals surface area contributed by atoms with Gasteiger partial charge in [-0.3, -0.25) is 4.79 Å². The second-order valence-corrected chi connectivity index (χ2v) is 4.99. The van der Waals surface area contributed by atoms with E-state index >= 15 is 0 Å². The summed E-state index contributed by atoms with van der Waals surface area (Å²) in [7, 11) is 0. The molecule has 0 aliphatic rings. The smallest absolute Gasteiger partial charge is 0.311 e. The maximum atomic E-state index is 11.2. The van der Waals surface area contributed by atoms with Crippen LogP contribution in [0.2, 0.25) is 0 Å². The third-order valence-electron chi connectivity index (χ3n) is 3.40. The van der Waals surface area contributed by atoms with Crippen LogP contribution in [-0.4, -0.2) is 22.6 Å². The number of carboxylic acids is 1. The molecular weight excluding hydrogens is 242 g/mol. The van der Waals surface area contributed by atoms with Crippen LogP contribution in [0, 0.1) is 30.6 Å². The number of carboxylic acid groups (broad SMARTS) is 1. The molecule has 0 saturated heterocycles. The number of aliphatic carboxylic acids is 1. The zero-order valence-corrected chi connectivity index (χ0v) is 11.7. The fourth-order valence-corrected chi connectivity index (χ4v) is 1.74. The second kappa shape index (κ2) is 5.70. The summed E-state index contributed by atoms with van der Waals surface area (Å²) in [5.41, 5.74) is 1.24. The molecule has 0 spiro atoms. The van der Waals surface area contributed by atoms with Crippen LogP contribution in [0.5, 0.6) is 0 Å². The monoisotopic (exact) mass is 261 g/mol. The zero-order chi connectivity index (χ0) is 14.6. The minimum atomic E-state index is -0.869. The summed E-state index contributed by atoms with van der Waals surface area (Å²) in [6.07, 6.45) is 0.502. The fourth-order valence-electron chi connectivity index (χ4n) is 1.74. The largest absolute Gasteiger partial charge is 0.481 e. The molecular formula is C14H19N3O2. The van der Waals surface area contributed by atoms with Crippen LogP contribution in [0.3, 0.4) is 0 Å². The lowest BCUT2D eigenvalue weighted by Crippen LogP contribution is -2.34. The Bertz CT molecular complexity index is 534. The van der Waals surface area contributed by atoms with Crippen molar-refractivity contribution in [1.82, 2.24) is 4.98 Å². The number of rotatable bonds is 5. The van der Waals surface area contributed by atoms with Gasteiger partial charge in [0, 0.05) is 12.2 Å². The van der Waals surface area contributed by atoms with Crippen molar-refractivity contribution in [3.63, 3.8) is 0 Å². The Labute approximate surface area is 113 Å². The van der Waals surface area contributed by atoms with Gasteiger partial charge in [-0.2, -0.15) is 5.26 Å². The number of anilines is 1. The number of hydrogen-bond donors (Lipinski definition) is 2. The highest BCUT2D eigenvalue weighted by Crippen LogP contribution is 2.24. The van der Waals surface area contributed by atoms with Crippen molar-refractivity contribution in [3.05, 3.63) is 22.9 Å². The van der Waals surface area contributed by atoms with E-state index in [1.54, 1.807) is 6.92 Å². The molecule has 0 aliphatic heterocycles. The van der Waals surface area contributed by atoms with Crippen molar-refractivity contribution in [1.29, 1.82) is 5.26 Å². The molecule has 0 amide bonds. The minimum absolute atomic E-state index is 0.239. The molecule has 0 bridgehead atoms. The summed E-state index contributed by atoms with van der Waals surface area (Å²) in [6.45, 7) is 7.43. The van der Waals surface area contributed by atoms with E-state index in [4.69, 9.17) is 5.26 Å². The number of nitrogens with one attached hydrogen (secondary N) is 1. The van der Waals surface area contributed by atoms with Crippen LogP contribution in [0.1, 0.15) is 37.1 Å². The summed E-state index contributed by atoms with van der Waals surface area (Å²) in [5.74, 6) is -0.397. The van der Waals surface area contributed by atoms with Gasteiger partial charge in [-0.25, -0.2) is 4.98 Å². The number of carbonyl (C=O) groups is 1.